The van der Waals surface area contributed by atoms with Gasteiger partial charge in [0.2, 0.25) is 5.91 Å². The average molecular weight is 421 g/mol. The maximum absolute atomic E-state index is 12.2. The number of carbonyl (C=O) groups excluding carboxylic acids is 1. The zero-order valence-electron chi connectivity index (χ0n) is 17.2. The Morgan fingerprint density at radius 1 is 1.00 bits per heavy atom. The molecule has 0 bridgehead atoms. The molecule has 5 nitrogen and oxygen atoms in total. The van der Waals surface area contributed by atoms with E-state index in [-0.39, 0.29) is 5.91 Å². The average Bonchev–Trinajstić information content (AvgIpc) is 3.51. The van der Waals surface area contributed by atoms with Crippen LogP contribution < -0.4 is 5.32 Å². The fourth-order valence-electron chi connectivity index (χ4n) is 4.48. The van der Waals surface area contributed by atoms with Gasteiger partial charge in [-0.25, -0.2) is 0 Å². The van der Waals surface area contributed by atoms with Crippen LogP contribution in [-0.4, -0.2) is 32.5 Å². The van der Waals surface area contributed by atoms with Crippen LogP contribution in [0.3, 0.4) is 0 Å². The zero-order chi connectivity index (χ0) is 20.3. The number of aromatic nitrogens is 3. The van der Waals surface area contributed by atoms with Crippen LogP contribution in [0.5, 0.6) is 0 Å². The van der Waals surface area contributed by atoms with Crippen molar-refractivity contribution in [1.82, 2.24) is 20.1 Å². The Morgan fingerprint density at radius 3 is 2.63 bits per heavy atom. The van der Waals surface area contributed by atoms with Gasteiger partial charge in [0.1, 0.15) is 5.82 Å². The minimum absolute atomic E-state index is 0.108. The second-order valence-corrected chi connectivity index (χ2v) is 9.45. The highest BCUT2D eigenvalue weighted by molar-refractivity contribution is 7.99. The standard InChI is InChI=1S/C24H28N4OS/c29-23(25-19-13-14-19)16-30-24-27-26-22(28(24)20-10-2-1-3-11-20)15-18-9-6-8-17-7-4-5-12-21(17)18/h4-9,12,19-20H,1-3,10-11,13-16H2,(H,25,29). The van der Waals surface area contributed by atoms with E-state index in [9.17, 15) is 4.79 Å². The fourth-order valence-corrected chi connectivity index (χ4v) is 5.31. The topological polar surface area (TPSA) is 59.8 Å². The molecule has 0 radical (unpaired) electrons. The molecule has 6 heteroatoms. The summed E-state index contributed by atoms with van der Waals surface area (Å²) in [4.78, 5) is 12.2. The van der Waals surface area contributed by atoms with Crippen molar-refractivity contribution in [3.05, 3.63) is 53.9 Å². The number of rotatable bonds is 7. The van der Waals surface area contributed by atoms with Crippen LogP contribution in [0.15, 0.2) is 47.6 Å². The summed E-state index contributed by atoms with van der Waals surface area (Å²) in [7, 11) is 0. The van der Waals surface area contributed by atoms with Gasteiger partial charge < -0.3 is 9.88 Å². The van der Waals surface area contributed by atoms with Crippen LogP contribution in [-0.2, 0) is 11.2 Å². The number of nitrogens with one attached hydrogen (secondary N) is 1. The molecule has 0 atom stereocenters. The van der Waals surface area contributed by atoms with Crippen LogP contribution in [0.25, 0.3) is 10.8 Å². The van der Waals surface area contributed by atoms with E-state index < -0.39 is 0 Å². The summed E-state index contributed by atoms with van der Waals surface area (Å²) < 4.78 is 2.34. The number of amides is 1. The van der Waals surface area contributed by atoms with Crippen LogP contribution in [0.1, 0.15) is 62.4 Å². The van der Waals surface area contributed by atoms with Crippen molar-refractivity contribution in [2.24, 2.45) is 0 Å². The van der Waals surface area contributed by atoms with E-state index in [2.05, 4.69) is 62.5 Å². The van der Waals surface area contributed by atoms with Crippen LogP contribution >= 0.6 is 11.8 Å². The van der Waals surface area contributed by atoms with Gasteiger partial charge in [-0.15, -0.1) is 10.2 Å². The summed E-state index contributed by atoms with van der Waals surface area (Å²) in [6, 6.07) is 15.8. The maximum Gasteiger partial charge on any atom is 0.230 e. The van der Waals surface area contributed by atoms with Gasteiger partial charge in [0.15, 0.2) is 5.16 Å². The van der Waals surface area contributed by atoms with E-state index in [1.54, 1.807) is 0 Å². The van der Waals surface area contributed by atoms with E-state index in [1.165, 1.54) is 60.2 Å². The Labute approximate surface area is 181 Å². The molecule has 0 unspecified atom stereocenters. The first kappa shape index (κ1) is 19.6. The van der Waals surface area contributed by atoms with Gasteiger partial charge in [-0.2, -0.15) is 0 Å². The molecule has 2 saturated carbocycles. The number of carbonyl (C=O) groups is 1. The third kappa shape index (κ3) is 4.38. The molecular weight excluding hydrogens is 392 g/mol. The Balaban J connectivity index is 1.41. The quantitative estimate of drug-likeness (QED) is 0.553. The normalized spacial score (nSPS) is 17.3. The highest BCUT2D eigenvalue weighted by Crippen LogP contribution is 2.34. The lowest BCUT2D eigenvalue weighted by atomic mass is 9.95. The molecular formula is C24H28N4OS. The van der Waals surface area contributed by atoms with Crippen LogP contribution in [0, 0.1) is 0 Å². The number of nitrogens with zero attached hydrogens (tertiary/aromatic N) is 3. The van der Waals surface area contributed by atoms with Crippen molar-refractivity contribution in [2.75, 3.05) is 5.75 Å². The van der Waals surface area contributed by atoms with Gasteiger partial charge in [-0.1, -0.05) is 73.5 Å². The van der Waals surface area contributed by atoms with E-state index in [0.717, 1.165) is 30.2 Å². The summed E-state index contributed by atoms with van der Waals surface area (Å²) in [5, 5.41) is 15.6. The Hall–Kier alpha value is -2.34. The maximum atomic E-state index is 12.2. The number of thioether (sulfide) groups is 1. The first-order chi connectivity index (χ1) is 14.8. The lowest BCUT2D eigenvalue weighted by Gasteiger charge is -2.25. The summed E-state index contributed by atoms with van der Waals surface area (Å²) in [6.07, 6.45) is 9.15. The molecule has 2 fully saturated rings. The highest BCUT2D eigenvalue weighted by atomic mass is 32.2. The minimum atomic E-state index is 0.108. The summed E-state index contributed by atoms with van der Waals surface area (Å²) >= 11 is 1.53. The molecule has 5 rings (SSSR count). The van der Waals surface area contributed by atoms with Gasteiger partial charge in [0.25, 0.3) is 0 Å². The minimum Gasteiger partial charge on any atom is -0.353 e. The fraction of sp³-hybridized carbons (Fsp3) is 0.458. The zero-order valence-corrected chi connectivity index (χ0v) is 18.0. The predicted octanol–water partition coefficient (Wildman–Crippen LogP) is 4.90. The second-order valence-electron chi connectivity index (χ2n) is 8.51. The predicted molar refractivity (Wildman–Crippen MR) is 121 cm³/mol. The van der Waals surface area contributed by atoms with Crippen molar-refractivity contribution < 1.29 is 4.79 Å². The van der Waals surface area contributed by atoms with Crippen molar-refractivity contribution in [2.45, 2.75) is 68.6 Å². The summed E-state index contributed by atoms with van der Waals surface area (Å²) in [5.41, 5.74) is 1.28. The number of hydrogen-bond donors (Lipinski definition) is 1. The van der Waals surface area contributed by atoms with Crippen LogP contribution in [0.2, 0.25) is 0 Å². The van der Waals surface area contributed by atoms with Crippen molar-refractivity contribution in [1.29, 1.82) is 0 Å². The second kappa shape index (κ2) is 8.80. The molecule has 30 heavy (non-hydrogen) atoms. The SMILES string of the molecule is O=C(CSc1nnc(Cc2cccc3ccccc23)n1C1CCCCC1)NC1CC1. The van der Waals surface area contributed by atoms with Gasteiger partial charge >= 0.3 is 0 Å². The monoisotopic (exact) mass is 420 g/mol. The lowest BCUT2D eigenvalue weighted by molar-refractivity contribution is -0.118. The number of fused-ring (bicyclic) bond motifs is 1. The van der Waals surface area contributed by atoms with Gasteiger partial charge in [-0.05, 0) is 42.0 Å². The Morgan fingerprint density at radius 2 is 1.80 bits per heavy atom. The molecule has 0 spiro atoms. The van der Waals surface area contributed by atoms with Crippen LogP contribution in [0.4, 0.5) is 0 Å². The van der Waals surface area contributed by atoms with Crippen molar-refractivity contribution in [3.63, 3.8) is 0 Å². The molecule has 156 valence electrons. The molecule has 1 N–H and O–H groups in total. The molecule has 1 aromatic heterocycles. The molecule has 1 heterocycles. The molecule has 2 aliphatic carbocycles. The summed E-state index contributed by atoms with van der Waals surface area (Å²) in [6.45, 7) is 0. The first-order valence-corrected chi connectivity index (χ1v) is 12.1. The van der Waals surface area contributed by atoms with E-state index in [0.29, 0.717) is 17.8 Å². The number of hydrogen-bond acceptors (Lipinski definition) is 4. The van der Waals surface area contributed by atoms with Gasteiger partial charge in [0.05, 0.1) is 5.75 Å². The van der Waals surface area contributed by atoms with Crippen molar-refractivity contribution in [3.8, 4) is 0 Å². The Kier molecular flexibility index (Phi) is 5.75. The largest absolute Gasteiger partial charge is 0.353 e. The third-order valence-electron chi connectivity index (χ3n) is 6.18. The van der Waals surface area contributed by atoms with E-state index in [4.69, 9.17) is 0 Å². The van der Waals surface area contributed by atoms with E-state index >= 15 is 0 Å². The lowest BCUT2D eigenvalue weighted by Crippen LogP contribution is -2.27. The molecule has 3 aromatic rings. The van der Waals surface area contributed by atoms with E-state index in [1.807, 2.05) is 0 Å². The summed E-state index contributed by atoms with van der Waals surface area (Å²) in [5.74, 6) is 1.54. The third-order valence-corrected chi connectivity index (χ3v) is 7.12. The van der Waals surface area contributed by atoms with Gasteiger partial charge in [-0.3, -0.25) is 4.79 Å². The van der Waals surface area contributed by atoms with Gasteiger partial charge in [0, 0.05) is 18.5 Å². The molecule has 0 saturated heterocycles. The highest BCUT2D eigenvalue weighted by Gasteiger charge is 2.26. The molecule has 1 amide bonds. The molecule has 2 aliphatic rings. The Bertz CT molecular complexity index is 1030. The number of benzene rings is 2. The molecule has 0 aliphatic heterocycles. The van der Waals surface area contributed by atoms with Crippen molar-refractivity contribution >= 4 is 28.4 Å². The molecule has 2 aromatic carbocycles. The first-order valence-electron chi connectivity index (χ1n) is 11.1. The smallest absolute Gasteiger partial charge is 0.230 e.